The molecule has 0 radical (unpaired) electrons. The van der Waals surface area contributed by atoms with E-state index in [1.807, 2.05) is 36.4 Å². The lowest BCUT2D eigenvalue weighted by Crippen LogP contribution is -2.36. The molecule has 2 aromatic carbocycles. The molecule has 2 amide bonds. The fraction of sp³-hybridized carbons (Fsp3) is 0.259. The van der Waals surface area contributed by atoms with E-state index in [1.165, 1.54) is 0 Å². The normalized spacial score (nSPS) is 14.5. The second kappa shape index (κ2) is 10.5. The number of carboxylic acid groups (broad SMARTS) is 1. The number of ether oxygens (including phenoxy) is 1. The molecule has 8 nitrogen and oxygen atoms in total. The average Bonchev–Trinajstić information content (AvgIpc) is 3.12. The number of methoxy groups -OCH3 is 1. The minimum atomic E-state index is -1.16. The van der Waals surface area contributed by atoms with Crippen molar-refractivity contribution in [2.24, 2.45) is 5.92 Å². The number of imide groups is 1. The van der Waals surface area contributed by atoms with Gasteiger partial charge in [0.2, 0.25) is 0 Å². The van der Waals surface area contributed by atoms with Gasteiger partial charge >= 0.3 is 5.97 Å². The van der Waals surface area contributed by atoms with Crippen molar-refractivity contribution in [1.29, 1.82) is 0 Å². The molecule has 35 heavy (non-hydrogen) atoms. The molecule has 2 atom stereocenters. The molecule has 2 heterocycles. The van der Waals surface area contributed by atoms with Crippen molar-refractivity contribution in [1.82, 2.24) is 9.88 Å². The summed E-state index contributed by atoms with van der Waals surface area (Å²) in [4.78, 5) is 42.4. The van der Waals surface area contributed by atoms with Gasteiger partial charge in [-0.2, -0.15) is 0 Å². The number of hydrogen-bond donors (Lipinski definition) is 2. The Morgan fingerprint density at radius 3 is 2.17 bits per heavy atom. The Balaban J connectivity index is 1.33. The maximum Gasteiger partial charge on any atom is 0.309 e. The number of aliphatic hydroxyl groups is 1. The topological polar surface area (TPSA) is 117 Å². The van der Waals surface area contributed by atoms with Crippen molar-refractivity contribution >= 4 is 17.8 Å². The van der Waals surface area contributed by atoms with Crippen molar-refractivity contribution in [2.45, 2.75) is 25.4 Å². The number of aliphatic hydroxyl groups excluding tert-OH is 1. The van der Waals surface area contributed by atoms with E-state index in [1.54, 1.807) is 37.6 Å². The fourth-order valence-corrected chi connectivity index (χ4v) is 4.21. The van der Waals surface area contributed by atoms with Crippen LogP contribution in [0, 0.1) is 5.92 Å². The van der Waals surface area contributed by atoms with Gasteiger partial charge in [-0.15, -0.1) is 0 Å². The van der Waals surface area contributed by atoms with Crippen LogP contribution >= 0.6 is 0 Å². The number of carbonyl (C=O) groups excluding carboxylic acids is 2. The van der Waals surface area contributed by atoms with Gasteiger partial charge < -0.3 is 14.9 Å². The number of carbonyl (C=O) groups is 3. The lowest BCUT2D eigenvalue weighted by molar-refractivity contribution is -0.146. The number of benzene rings is 2. The number of aryl methyl sites for hydroxylation is 1. The first-order valence-electron chi connectivity index (χ1n) is 11.3. The molecule has 0 spiro atoms. The van der Waals surface area contributed by atoms with Crippen LogP contribution in [0.2, 0.25) is 0 Å². The molecule has 0 unspecified atom stereocenters. The Hall–Kier alpha value is -4.04. The van der Waals surface area contributed by atoms with E-state index in [-0.39, 0.29) is 19.4 Å². The summed E-state index contributed by atoms with van der Waals surface area (Å²) in [5, 5.41) is 20.3. The number of nitrogens with zero attached hydrogens (tertiary/aromatic N) is 2. The highest BCUT2D eigenvalue weighted by Crippen LogP contribution is 2.25. The first-order valence-corrected chi connectivity index (χ1v) is 11.3. The van der Waals surface area contributed by atoms with Gasteiger partial charge in [0.1, 0.15) is 5.75 Å². The summed E-state index contributed by atoms with van der Waals surface area (Å²) in [6.45, 7) is -0.0709. The lowest BCUT2D eigenvalue weighted by atomic mass is 9.93. The van der Waals surface area contributed by atoms with E-state index in [0.717, 1.165) is 27.5 Å². The molecule has 1 aliphatic heterocycles. The Labute approximate surface area is 202 Å². The third kappa shape index (κ3) is 5.22. The SMILES string of the molecule is COc1ccc(-c2ccc(CC[C@@H](O)[C@H](CCN3C(=O)c4ccccc4C3=O)C(=O)O)cn2)cc1. The highest BCUT2D eigenvalue weighted by molar-refractivity contribution is 6.21. The van der Waals surface area contributed by atoms with Crippen molar-refractivity contribution in [2.75, 3.05) is 13.7 Å². The quantitative estimate of drug-likeness (QED) is 0.432. The van der Waals surface area contributed by atoms with Gasteiger partial charge in [-0.3, -0.25) is 24.3 Å². The maximum absolute atomic E-state index is 12.5. The predicted molar refractivity (Wildman–Crippen MR) is 128 cm³/mol. The van der Waals surface area contributed by atoms with Crippen LogP contribution in [-0.2, 0) is 11.2 Å². The Bertz CT molecular complexity index is 1190. The molecule has 4 rings (SSSR count). The maximum atomic E-state index is 12.5. The summed E-state index contributed by atoms with van der Waals surface area (Å²) in [5.41, 5.74) is 3.23. The summed E-state index contributed by atoms with van der Waals surface area (Å²) < 4.78 is 5.16. The van der Waals surface area contributed by atoms with Gasteiger partial charge in [0.25, 0.3) is 11.8 Å². The number of aromatic nitrogens is 1. The molecule has 2 N–H and O–H groups in total. The van der Waals surface area contributed by atoms with Crippen LogP contribution in [0.4, 0.5) is 0 Å². The summed E-state index contributed by atoms with van der Waals surface area (Å²) in [6.07, 6.45) is 1.19. The smallest absolute Gasteiger partial charge is 0.309 e. The molecule has 1 aromatic heterocycles. The molecular weight excluding hydrogens is 448 g/mol. The van der Waals surface area contributed by atoms with Gasteiger partial charge in [0.15, 0.2) is 0 Å². The minimum absolute atomic E-state index is 0.0311. The van der Waals surface area contributed by atoms with Gasteiger partial charge in [0.05, 0.1) is 36.0 Å². The number of carboxylic acids is 1. The van der Waals surface area contributed by atoms with E-state index in [4.69, 9.17) is 4.74 Å². The van der Waals surface area contributed by atoms with Crippen molar-refractivity contribution in [3.8, 4) is 17.0 Å². The molecule has 8 heteroatoms. The van der Waals surface area contributed by atoms with E-state index >= 15 is 0 Å². The van der Waals surface area contributed by atoms with Crippen LogP contribution in [0.3, 0.4) is 0 Å². The zero-order valence-corrected chi connectivity index (χ0v) is 19.3. The van der Waals surface area contributed by atoms with Gasteiger partial charge in [-0.1, -0.05) is 18.2 Å². The monoisotopic (exact) mass is 474 g/mol. The summed E-state index contributed by atoms with van der Waals surface area (Å²) in [6, 6.07) is 17.8. The molecule has 0 saturated heterocycles. The molecule has 0 fully saturated rings. The largest absolute Gasteiger partial charge is 0.497 e. The first kappa shape index (κ1) is 24.1. The van der Waals surface area contributed by atoms with Crippen molar-refractivity contribution in [3.63, 3.8) is 0 Å². The van der Waals surface area contributed by atoms with Crippen LogP contribution in [0.15, 0.2) is 66.9 Å². The molecule has 1 aliphatic rings. The van der Waals surface area contributed by atoms with Crippen LogP contribution in [0.1, 0.15) is 39.1 Å². The zero-order chi connectivity index (χ0) is 24.9. The Morgan fingerprint density at radius 2 is 1.63 bits per heavy atom. The highest BCUT2D eigenvalue weighted by Gasteiger charge is 2.36. The molecular formula is C27H26N2O6. The van der Waals surface area contributed by atoms with Crippen LogP contribution in [0.25, 0.3) is 11.3 Å². The van der Waals surface area contributed by atoms with Gasteiger partial charge in [-0.05, 0) is 67.3 Å². The average molecular weight is 475 g/mol. The van der Waals surface area contributed by atoms with Gasteiger partial charge in [0, 0.05) is 18.3 Å². The van der Waals surface area contributed by atoms with E-state index < -0.39 is 29.8 Å². The molecule has 0 aliphatic carbocycles. The first-order chi connectivity index (χ1) is 16.9. The Morgan fingerprint density at radius 1 is 0.971 bits per heavy atom. The number of fused-ring (bicyclic) bond motifs is 1. The fourth-order valence-electron chi connectivity index (χ4n) is 4.21. The van der Waals surface area contributed by atoms with E-state index in [2.05, 4.69) is 4.98 Å². The number of hydrogen-bond acceptors (Lipinski definition) is 6. The van der Waals surface area contributed by atoms with Crippen LogP contribution in [-0.4, -0.2) is 57.6 Å². The number of rotatable bonds is 10. The number of aliphatic carboxylic acids is 1. The second-order valence-electron chi connectivity index (χ2n) is 8.43. The minimum Gasteiger partial charge on any atom is -0.497 e. The second-order valence-corrected chi connectivity index (χ2v) is 8.43. The number of pyridine rings is 1. The third-order valence-corrected chi connectivity index (χ3v) is 6.26. The summed E-state index contributed by atoms with van der Waals surface area (Å²) in [5.74, 6) is -2.39. The molecule has 0 saturated carbocycles. The predicted octanol–water partition coefficient (Wildman–Crippen LogP) is 3.44. The Kier molecular flexibility index (Phi) is 7.22. The lowest BCUT2D eigenvalue weighted by Gasteiger charge is -2.22. The van der Waals surface area contributed by atoms with E-state index in [9.17, 15) is 24.6 Å². The zero-order valence-electron chi connectivity index (χ0n) is 19.3. The highest BCUT2D eigenvalue weighted by atomic mass is 16.5. The summed E-state index contributed by atoms with van der Waals surface area (Å²) in [7, 11) is 1.61. The summed E-state index contributed by atoms with van der Waals surface area (Å²) >= 11 is 0. The van der Waals surface area contributed by atoms with Crippen LogP contribution < -0.4 is 4.74 Å². The van der Waals surface area contributed by atoms with Crippen molar-refractivity contribution in [3.05, 3.63) is 83.6 Å². The van der Waals surface area contributed by atoms with E-state index in [0.29, 0.717) is 17.5 Å². The molecule has 0 bridgehead atoms. The van der Waals surface area contributed by atoms with Gasteiger partial charge in [-0.25, -0.2) is 0 Å². The number of amides is 2. The molecule has 180 valence electrons. The standard InChI is InChI=1S/C27H26N2O6/c1-35-19-10-8-18(9-11-19)23-12-6-17(16-28-23)7-13-24(30)22(27(33)34)14-15-29-25(31)20-4-2-3-5-21(20)26(29)32/h2-6,8-12,16,22,24,30H,7,13-15H2,1H3,(H,33,34)/t22-,24+/m0/s1. The van der Waals surface area contributed by atoms with Crippen LogP contribution in [0.5, 0.6) is 5.75 Å². The third-order valence-electron chi connectivity index (χ3n) is 6.26. The van der Waals surface area contributed by atoms with Crippen molar-refractivity contribution < 1.29 is 29.3 Å². The molecule has 3 aromatic rings.